The fraction of sp³-hybridized carbons (Fsp3) is 0.214. The number of nitrogens with one attached hydrogen (secondary N) is 1. The molecule has 1 aromatic carbocycles. The van der Waals surface area contributed by atoms with Gasteiger partial charge in [0, 0.05) is 14.9 Å². The van der Waals surface area contributed by atoms with Crippen molar-refractivity contribution in [3.63, 3.8) is 0 Å². The van der Waals surface area contributed by atoms with E-state index >= 15 is 0 Å². The van der Waals surface area contributed by atoms with E-state index in [2.05, 4.69) is 21.2 Å². The molecule has 0 aliphatic heterocycles. The molecular weight excluding hydrogens is 346 g/mol. The molecule has 5 heteroatoms. The molecule has 100 valence electrons. The molecule has 19 heavy (non-hydrogen) atoms. The Kier molecular flexibility index (Phi) is 4.66. The lowest BCUT2D eigenvalue weighted by molar-refractivity contribution is 0.0940. The van der Waals surface area contributed by atoms with Crippen LogP contribution in [0.15, 0.2) is 34.8 Å². The summed E-state index contributed by atoms with van der Waals surface area (Å²) in [6.45, 7) is 3.87. The van der Waals surface area contributed by atoms with E-state index in [4.69, 9.17) is 11.6 Å². The van der Waals surface area contributed by atoms with Gasteiger partial charge >= 0.3 is 0 Å². The Morgan fingerprint density at radius 1 is 1.37 bits per heavy atom. The first-order valence-corrected chi connectivity index (χ1v) is 7.79. The SMILES string of the molecule is Cc1c(Br)cccc1C(=O)NC(C)c1ccc(Cl)s1. The molecule has 1 aromatic heterocycles. The van der Waals surface area contributed by atoms with Gasteiger partial charge in [-0.05, 0) is 43.7 Å². The van der Waals surface area contributed by atoms with Gasteiger partial charge in [0.05, 0.1) is 10.4 Å². The maximum atomic E-state index is 12.2. The molecule has 0 saturated carbocycles. The van der Waals surface area contributed by atoms with Crippen LogP contribution in [0.2, 0.25) is 4.34 Å². The van der Waals surface area contributed by atoms with E-state index in [-0.39, 0.29) is 11.9 Å². The summed E-state index contributed by atoms with van der Waals surface area (Å²) in [6.07, 6.45) is 0. The van der Waals surface area contributed by atoms with Gasteiger partial charge in [-0.3, -0.25) is 4.79 Å². The quantitative estimate of drug-likeness (QED) is 0.825. The van der Waals surface area contributed by atoms with Crippen LogP contribution in [0.5, 0.6) is 0 Å². The fourth-order valence-corrected chi connectivity index (χ4v) is 3.19. The summed E-state index contributed by atoms with van der Waals surface area (Å²) >= 11 is 10.8. The van der Waals surface area contributed by atoms with E-state index < -0.39 is 0 Å². The number of thiophene rings is 1. The minimum absolute atomic E-state index is 0.0524. The van der Waals surface area contributed by atoms with Gasteiger partial charge in [0.2, 0.25) is 0 Å². The molecule has 0 fully saturated rings. The van der Waals surface area contributed by atoms with E-state index in [1.54, 1.807) is 0 Å². The van der Waals surface area contributed by atoms with E-state index in [9.17, 15) is 4.79 Å². The molecule has 1 N–H and O–H groups in total. The predicted octanol–water partition coefficient (Wildman–Crippen LogP) is 4.96. The number of halogens is 2. The van der Waals surface area contributed by atoms with Crippen LogP contribution >= 0.6 is 38.9 Å². The Morgan fingerprint density at radius 2 is 2.11 bits per heavy atom. The fourth-order valence-electron chi connectivity index (χ4n) is 1.76. The molecule has 1 atom stereocenters. The third kappa shape index (κ3) is 3.38. The lowest BCUT2D eigenvalue weighted by atomic mass is 10.1. The number of hydrogen-bond donors (Lipinski definition) is 1. The first-order valence-electron chi connectivity index (χ1n) is 5.80. The van der Waals surface area contributed by atoms with Crippen molar-refractivity contribution < 1.29 is 4.79 Å². The average molecular weight is 359 g/mol. The molecule has 1 amide bonds. The topological polar surface area (TPSA) is 29.1 Å². The lowest BCUT2D eigenvalue weighted by Gasteiger charge is -2.14. The highest BCUT2D eigenvalue weighted by molar-refractivity contribution is 9.10. The molecule has 0 aliphatic rings. The highest BCUT2D eigenvalue weighted by atomic mass is 79.9. The average Bonchev–Trinajstić information content (AvgIpc) is 2.79. The van der Waals surface area contributed by atoms with Crippen LogP contribution < -0.4 is 5.32 Å². The van der Waals surface area contributed by atoms with Crippen molar-refractivity contribution in [3.05, 3.63) is 55.1 Å². The zero-order chi connectivity index (χ0) is 14.0. The normalized spacial score (nSPS) is 12.2. The van der Waals surface area contributed by atoms with Crippen molar-refractivity contribution in [2.24, 2.45) is 0 Å². The number of benzene rings is 1. The molecule has 0 radical (unpaired) electrons. The highest BCUT2D eigenvalue weighted by Crippen LogP contribution is 2.27. The van der Waals surface area contributed by atoms with Gasteiger partial charge in [-0.2, -0.15) is 0 Å². The molecule has 0 aliphatic carbocycles. The van der Waals surface area contributed by atoms with Crippen molar-refractivity contribution in [1.29, 1.82) is 0 Å². The van der Waals surface area contributed by atoms with Crippen molar-refractivity contribution in [2.45, 2.75) is 19.9 Å². The van der Waals surface area contributed by atoms with Gasteiger partial charge in [0.15, 0.2) is 0 Å². The van der Waals surface area contributed by atoms with Gasteiger partial charge in [-0.25, -0.2) is 0 Å². The standard InChI is InChI=1S/C14H13BrClNOS/c1-8-10(4-3-5-11(8)15)14(18)17-9(2)12-6-7-13(16)19-12/h3-7,9H,1-2H3,(H,17,18). The predicted molar refractivity (Wildman–Crippen MR) is 84.1 cm³/mol. The van der Waals surface area contributed by atoms with Crippen LogP contribution in [-0.2, 0) is 0 Å². The number of carbonyl (C=O) groups is 1. The van der Waals surface area contributed by atoms with Gasteiger partial charge in [-0.1, -0.05) is 33.6 Å². The summed E-state index contributed by atoms with van der Waals surface area (Å²) in [6, 6.07) is 9.33. The van der Waals surface area contributed by atoms with E-state index in [0.29, 0.717) is 5.56 Å². The number of amides is 1. The smallest absolute Gasteiger partial charge is 0.252 e. The molecule has 1 heterocycles. The molecule has 2 nitrogen and oxygen atoms in total. The largest absolute Gasteiger partial charge is 0.345 e. The van der Waals surface area contributed by atoms with Gasteiger partial charge < -0.3 is 5.32 Å². The van der Waals surface area contributed by atoms with Crippen molar-refractivity contribution >= 4 is 44.8 Å². The first kappa shape index (κ1) is 14.6. The molecule has 0 saturated heterocycles. The minimum atomic E-state index is -0.0733. The summed E-state index contributed by atoms with van der Waals surface area (Å²) in [5.41, 5.74) is 1.63. The lowest BCUT2D eigenvalue weighted by Crippen LogP contribution is -2.26. The number of rotatable bonds is 3. The zero-order valence-corrected chi connectivity index (χ0v) is 13.7. The number of hydrogen-bond acceptors (Lipinski definition) is 2. The van der Waals surface area contributed by atoms with Crippen LogP contribution in [0.3, 0.4) is 0 Å². The molecule has 1 unspecified atom stereocenters. The Morgan fingerprint density at radius 3 is 2.74 bits per heavy atom. The van der Waals surface area contributed by atoms with Gasteiger partial charge in [0.1, 0.15) is 0 Å². The van der Waals surface area contributed by atoms with Gasteiger partial charge in [0.25, 0.3) is 5.91 Å². The van der Waals surface area contributed by atoms with Crippen LogP contribution in [0.4, 0.5) is 0 Å². The van der Waals surface area contributed by atoms with E-state index in [1.165, 1.54) is 11.3 Å². The highest BCUT2D eigenvalue weighted by Gasteiger charge is 2.15. The Bertz CT molecular complexity index is 611. The second-order valence-corrected chi connectivity index (χ2v) is 6.85. The van der Waals surface area contributed by atoms with Crippen molar-refractivity contribution in [3.8, 4) is 0 Å². The summed E-state index contributed by atoms with van der Waals surface area (Å²) in [5, 5.41) is 2.99. The minimum Gasteiger partial charge on any atom is -0.345 e. The maximum absolute atomic E-state index is 12.2. The molecular formula is C14H13BrClNOS. The molecule has 2 rings (SSSR count). The second kappa shape index (κ2) is 6.07. The van der Waals surface area contributed by atoms with Crippen molar-refractivity contribution in [1.82, 2.24) is 5.32 Å². The third-order valence-electron chi connectivity index (χ3n) is 2.88. The summed E-state index contributed by atoms with van der Waals surface area (Å²) in [4.78, 5) is 13.3. The van der Waals surface area contributed by atoms with E-state index in [1.807, 2.05) is 44.2 Å². The Labute approximate surface area is 129 Å². The van der Waals surface area contributed by atoms with Gasteiger partial charge in [-0.15, -0.1) is 11.3 Å². The second-order valence-electron chi connectivity index (χ2n) is 4.25. The number of carbonyl (C=O) groups excluding carboxylic acids is 1. The van der Waals surface area contributed by atoms with Crippen LogP contribution in [-0.4, -0.2) is 5.91 Å². The summed E-state index contributed by atoms with van der Waals surface area (Å²) in [5.74, 6) is -0.0733. The Balaban J connectivity index is 2.15. The molecule has 0 bridgehead atoms. The monoisotopic (exact) mass is 357 g/mol. The zero-order valence-electron chi connectivity index (χ0n) is 10.5. The van der Waals surface area contributed by atoms with Crippen molar-refractivity contribution in [2.75, 3.05) is 0 Å². The molecule has 2 aromatic rings. The summed E-state index contributed by atoms with van der Waals surface area (Å²) < 4.78 is 1.67. The molecule has 0 spiro atoms. The maximum Gasteiger partial charge on any atom is 0.252 e. The van der Waals surface area contributed by atoms with Crippen LogP contribution in [0.25, 0.3) is 0 Å². The Hall–Kier alpha value is -0.840. The van der Waals surface area contributed by atoms with Crippen LogP contribution in [0.1, 0.15) is 33.8 Å². The summed E-state index contributed by atoms with van der Waals surface area (Å²) in [7, 11) is 0. The third-order valence-corrected chi connectivity index (χ3v) is 5.15. The van der Waals surface area contributed by atoms with Crippen LogP contribution in [0, 0.1) is 6.92 Å². The first-order chi connectivity index (χ1) is 8.99. The van der Waals surface area contributed by atoms with E-state index in [0.717, 1.165) is 19.2 Å².